The summed E-state index contributed by atoms with van der Waals surface area (Å²) in [4.78, 5) is 28.3. The third-order valence-electron chi connectivity index (χ3n) is 9.64. The Bertz CT molecular complexity index is 1750. The summed E-state index contributed by atoms with van der Waals surface area (Å²) < 4.78 is 0. The standard InChI is InChI=1S/C34H24O6/c35-24-7-1-17-2-8-25(36)21-14-33(13-20(24)30(17)21)28(39)11-5-19-6-12-29(40)34(32(19)33)15-22-26(37)9-3-18-4-10-27(38)23(16-34)31(18)22/h1-12,35-38H,13-16H2. The predicted octanol–water partition coefficient (Wildman–Crippen LogP) is 5.26. The van der Waals surface area contributed by atoms with E-state index in [0.717, 1.165) is 27.1 Å². The molecule has 6 nitrogen and oxygen atoms in total. The van der Waals surface area contributed by atoms with Gasteiger partial charge < -0.3 is 20.4 Å². The Hall–Kier alpha value is -4.84. The van der Waals surface area contributed by atoms with E-state index in [9.17, 15) is 30.0 Å². The second kappa shape index (κ2) is 7.42. The van der Waals surface area contributed by atoms with Gasteiger partial charge in [-0.3, -0.25) is 9.59 Å². The van der Waals surface area contributed by atoms with Gasteiger partial charge >= 0.3 is 0 Å². The summed E-state index contributed by atoms with van der Waals surface area (Å²) in [7, 11) is 0. The van der Waals surface area contributed by atoms with Crippen LogP contribution in [0.2, 0.25) is 0 Å². The van der Waals surface area contributed by atoms with Crippen LogP contribution in [0.5, 0.6) is 23.0 Å². The SMILES string of the molecule is O=C1C=CC2=C(C13Cc1c(O)ccc4ccc(O)c(c14)C3)C1(Cc3c(O)ccc4ccc(O)c(c34)C1)C(=O)C=C2. The summed E-state index contributed by atoms with van der Waals surface area (Å²) >= 11 is 0. The van der Waals surface area contributed by atoms with Crippen molar-refractivity contribution in [3.05, 3.63) is 106 Å². The van der Waals surface area contributed by atoms with Gasteiger partial charge in [-0.25, -0.2) is 0 Å². The van der Waals surface area contributed by atoms with E-state index in [1.54, 1.807) is 60.7 Å². The van der Waals surface area contributed by atoms with Crippen LogP contribution in [0.25, 0.3) is 21.5 Å². The highest BCUT2D eigenvalue weighted by Gasteiger charge is 2.58. The Labute approximate surface area is 228 Å². The van der Waals surface area contributed by atoms with Gasteiger partial charge in [-0.15, -0.1) is 0 Å². The van der Waals surface area contributed by atoms with Gasteiger partial charge in [0.15, 0.2) is 11.6 Å². The monoisotopic (exact) mass is 528 g/mol. The minimum absolute atomic E-state index is 0.0312. The molecule has 196 valence electrons. The van der Waals surface area contributed by atoms with Gasteiger partial charge in [0.05, 0.1) is 10.8 Å². The van der Waals surface area contributed by atoms with Gasteiger partial charge in [-0.2, -0.15) is 0 Å². The molecular formula is C34H24O6. The zero-order valence-electron chi connectivity index (χ0n) is 21.4. The van der Waals surface area contributed by atoms with Gasteiger partial charge in [0, 0.05) is 22.3 Å². The number of allylic oxidation sites excluding steroid dienone is 6. The van der Waals surface area contributed by atoms with Crippen LogP contribution in [0.1, 0.15) is 22.3 Å². The van der Waals surface area contributed by atoms with Crippen LogP contribution in [-0.2, 0) is 35.3 Å². The van der Waals surface area contributed by atoms with E-state index in [1.807, 2.05) is 0 Å². The van der Waals surface area contributed by atoms with Crippen molar-refractivity contribution in [1.29, 1.82) is 0 Å². The molecule has 0 unspecified atom stereocenters. The second-order valence-corrected chi connectivity index (χ2v) is 11.5. The lowest BCUT2D eigenvalue weighted by Crippen LogP contribution is -2.52. The number of phenols is 4. The molecule has 4 aliphatic carbocycles. The fourth-order valence-corrected chi connectivity index (χ4v) is 7.97. The summed E-state index contributed by atoms with van der Waals surface area (Å²) in [5.41, 5.74) is 1.09. The third kappa shape index (κ3) is 2.68. The summed E-state index contributed by atoms with van der Waals surface area (Å²) in [5, 5.41) is 47.3. The van der Waals surface area contributed by atoms with Crippen molar-refractivity contribution >= 4 is 33.1 Å². The Kier molecular flexibility index (Phi) is 4.28. The van der Waals surface area contributed by atoms with Crippen molar-refractivity contribution in [2.45, 2.75) is 25.7 Å². The minimum atomic E-state index is -1.26. The maximum Gasteiger partial charge on any atom is 0.166 e. The van der Waals surface area contributed by atoms with E-state index in [-0.39, 0.29) is 60.2 Å². The van der Waals surface area contributed by atoms with Crippen molar-refractivity contribution in [3.63, 3.8) is 0 Å². The third-order valence-corrected chi connectivity index (χ3v) is 9.64. The first-order chi connectivity index (χ1) is 19.2. The highest BCUT2D eigenvalue weighted by molar-refractivity contribution is 6.10. The van der Waals surface area contributed by atoms with Gasteiger partial charge in [-0.05, 0) is 94.8 Å². The van der Waals surface area contributed by atoms with Crippen LogP contribution in [-0.4, -0.2) is 32.0 Å². The van der Waals surface area contributed by atoms with Crippen LogP contribution < -0.4 is 0 Å². The molecule has 0 bridgehead atoms. The van der Waals surface area contributed by atoms with Crippen LogP contribution in [0.4, 0.5) is 0 Å². The van der Waals surface area contributed by atoms with Crippen molar-refractivity contribution in [2.75, 3.05) is 0 Å². The molecule has 8 rings (SSSR count). The largest absolute Gasteiger partial charge is 0.508 e. The number of hydrogen-bond acceptors (Lipinski definition) is 6. The van der Waals surface area contributed by atoms with Crippen LogP contribution in [0.3, 0.4) is 0 Å². The second-order valence-electron chi connectivity index (χ2n) is 11.5. The quantitative estimate of drug-likeness (QED) is 0.248. The molecule has 0 saturated heterocycles. The van der Waals surface area contributed by atoms with Gasteiger partial charge in [0.2, 0.25) is 0 Å². The molecule has 0 aromatic heterocycles. The molecule has 0 atom stereocenters. The summed E-state index contributed by atoms with van der Waals surface area (Å²) in [6.07, 6.45) is 7.14. The van der Waals surface area contributed by atoms with Crippen molar-refractivity contribution in [3.8, 4) is 23.0 Å². The van der Waals surface area contributed by atoms with Gasteiger partial charge in [0.1, 0.15) is 23.0 Å². The number of aromatic hydroxyl groups is 4. The molecule has 2 spiro atoms. The minimum Gasteiger partial charge on any atom is -0.508 e. The molecule has 0 amide bonds. The van der Waals surface area contributed by atoms with E-state index in [4.69, 9.17) is 0 Å². The Morgan fingerprint density at radius 3 is 1.12 bits per heavy atom. The maximum absolute atomic E-state index is 14.2. The highest BCUT2D eigenvalue weighted by atomic mass is 16.3. The zero-order chi connectivity index (χ0) is 27.6. The summed E-state index contributed by atoms with van der Waals surface area (Å²) in [5.74, 6) is -0.283. The number of carbonyl (C=O) groups excluding carboxylic acids is 2. The van der Waals surface area contributed by atoms with Gasteiger partial charge in [0.25, 0.3) is 0 Å². The average Bonchev–Trinajstić information content (AvgIpc) is 2.95. The van der Waals surface area contributed by atoms with E-state index in [2.05, 4.69) is 0 Å². The lowest BCUT2D eigenvalue weighted by Gasteiger charge is -2.51. The van der Waals surface area contributed by atoms with E-state index in [1.165, 1.54) is 12.2 Å². The van der Waals surface area contributed by atoms with E-state index in [0.29, 0.717) is 27.8 Å². The Morgan fingerprint density at radius 1 is 0.475 bits per heavy atom. The van der Waals surface area contributed by atoms with Crippen LogP contribution >= 0.6 is 0 Å². The first-order valence-electron chi connectivity index (χ1n) is 13.3. The molecule has 0 heterocycles. The van der Waals surface area contributed by atoms with E-state index >= 15 is 0 Å². The average molecular weight is 529 g/mol. The number of phenolic OH excluding ortho intramolecular Hbond substituents is 4. The fraction of sp³-hybridized carbons (Fsp3) is 0.176. The first kappa shape index (κ1) is 23.1. The number of rotatable bonds is 0. The normalized spacial score (nSPS) is 19.7. The molecule has 0 fully saturated rings. The topological polar surface area (TPSA) is 115 Å². The summed E-state index contributed by atoms with van der Waals surface area (Å²) in [6.45, 7) is 0. The summed E-state index contributed by atoms with van der Waals surface area (Å²) in [6, 6.07) is 13.6. The van der Waals surface area contributed by atoms with E-state index < -0.39 is 10.8 Å². The lowest BCUT2D eigenvalue weighted by atomic mass is 9.49. The smallest absolute Gasteiger partial charge is 0.166 e. The number of fused-ring (bicyclic) bond motifs is 2. The number of carbonyl (C=O) groups is 2. The molecule has 6 heteroatoms. The van der Waals surface area contributed by atoms with Crippen molar-refractivity contribution in [2.24, 2.45) is 10.8 Å². The Morgan fingerprint density at radius 2 is 0.800 bits per heavy atom. The first-order valence-corrected chi connectivity index (χ1v) is 13.3. The van der Waals surface area contributed by atoms with Crippen molar-refractivity contribution < 1.29 is 30.0 Å². The lowest BCUT2D eigenvalue weighted by molar-refractivity contribution is -0.126. The predicted molar refractivity (Wildman–Crippen MR) is 150 cm³/mol. The molecule has 4 aromatic rings. The number of hydrogen-bond donors (Lipinski definition) is 4. The van der Waals surface area contributed by atoms with Crippen LogP contribution in [0, 0.1) is 10.8 Å². The molecule has 0 saturated carbocycles. The van der Waals surface area contributed by atoms with Crippen LogP contribution in [0.15, 0.2) is 84.0 Å². The molecule has 40 heavy (non-hydrogen) atoms. The Balaban J connectivity index is 1.43. The maximum atomic E-state index is 14.2. The molecule has 0 aliphatic heterocycles. The molecule has 0 radical (unpaired) electrons. The van der Waals surface area contributed by atoms with Crippen molar-refractivity contribution in [1.82, 2.24) is 0 Å². The molecular weight excluding hydrogens is 504 g/mol. The zero-order valence-corrected chi connectivity index (χ0v) is 21.4. The van der Waals surface area contributed by atoms with Gasteiger partial charge in [-0.1, -0.05) is 36.4 Å². The molecule has 4 aromatic carbocycles. The molecule has 4 aliphatic rings. The highest BCUT2D eigenvalue weighted by Crippen LogP contribution is 2.60. The number of ketones is 2. The molecule has 4 N–H and O–H groups in total. The number of benzene rings is 4. The fourth-order valence-electron chi connectivity index (χ4n) is 7.97.